The number of thiocarbonyl (C=S) groups is 1. The Morgan fingerprint density at radius 1 is 1.23 bits per heavy atom. The van der Waals surface area contributed by atoms with E-state index in [1.807, 2.05) is 42.5 Å². The standard InChI is InChI=1S/C22H25BrClN3O2S/c23-18-14-16(22(26-15-21(25)30)17-4-1-2-5-19(17)24)6-7-20(18)29-11-3-8-27-9-12-28-13-10-27/h1-2,4-7,14H,3,8-13,15H2,(H2,25,30). The van der Waals surface area contributed by atoms with Crippen molar-refractivity contribution in [3.63, 3.8) is 0 Å². The van der Waals surface area contributed by atoms with Crippen molar-refractivity contribution in [2.75, 3.05) is 46.0 Å². The lowest BCUT2D eigenvalue weighted by atomic mass is 10.0. The number of ether oxygens (including phenoxy) is 2. The predicted octanol–water partition coefficient (Wildman–Crippen LogP) is 4.33. The normalized spacial score (nSPS) is 15.2. The van der Waals surface area contributed by atoms with Crippen molar-refractivity contribution >= 4 is 50.4 Å². The van der Waals surface area contributed by atoms with Crippen LogP contribution in [0, 0.1) is 0 Å². The number of nitrogens with two attached hydrogens (primary N) is 1. The topological polar surface area (TPSA) is 60.1 Å². The van der Waals surface area contributed by atoms with Crippen LogP contribution in [0.2, 0.25) is 5.02 Å². The Labute approximate surface area is 196 Å². The highest BCUT2D eigenvalue weighted by Crippen LogP contribution is 2.29. The maximum atomic E-state index is 6.41. The summed E-state index contributed by atoms with van der Waals surface area (Å²) in [5.41, 5.74) is 8.15. The summed E-state index contributed by atoms with van der Waals surface area (Å²) in [5.74, 6) is 0.800. The molecule has 2 N–H and O–H groups in total. The summed E-state index contributed by atoms with van der Waals surface area (Å²) in [7, 11) is 0. The fourth-order valence-electron chi connectivity index (χ4n) is 3.20. The van der Waals surface area contributed by atoms with E-state index in [0.29, 0.717) is 16.6 Å². The summed E-state index contributed by atoms with van der Waals surface area (Å²) in [5, 5.41) is 0.624. The van der Waals surface area contributed by atoms with Gasteiger partial charge in [-0.2, -0.15) is 0 Å². The summed E-state index contributed by atoms with van der Waals surface area (Å²) in [6, 6.07) is 13.5. The first-order valence-corrected chi connectivity index (χ1v) is 11.4. The molecular formula is C22H25BrClN3O2S. The van der Waals surface area contributed by atoms with Crippen molar-refractivity contribution in [2.45, 2.75) is 6.42 Å². The van der Waals surface area contributed by atoms with Gasteiger partial charge in [0.25, 0.3) is 0 Å². The molecule has 0 unspecified atom stereocenters. The highest BCUT2D eigenvalue weighted by Gasteiger charge is 2.14. The highest BCUT2D eigenvalue weighted by atomic mass is 79.9. The molecule has 0 aliphatic carbocycles. The second kappa shape index (κ2) is 11.8. The minimum absolute atomic E-state index is 0.257. The number of hydrogen-bond donors (Lipinski definition) is 1. The van der Waals surface area contributed by atoms with Crippen molar-refractivity contribution < 1.29 is 9.47 Å². The van der Waals surface area contributed by atoms with E-state index >= 15 is 0 Å². The van der Waals surface area contributed by atoms with E-state index in [-0.39, 0.29) is 6.54 Å². The molecule has 1 saturated heterocycles. The van der Waals surface area contributed by atoms with E-state index in [4.69, 9.17) is 39.0 Å². The number of rotatable bonds is 9. The molecule has 30 heavy (non-hydrogen) atoms. The molecule has 1 heterocycles. The fourth-order valence-corrected chi connectivity index (χ4v) is 3.99. The van der Waals surface area contributed by atoms with Crippen LogP contribution >= 0.6 is 39.7 Å². The van der Waals surface area contributed by atoms with Crippen LogP contribution in [0.25, 0.3) is 0 Å². The third kappa shape index (κ3) is 6.75. The monoisotopic (exact) mass is 509 g/mol. The molecule has 2 aromatic carbocycles. The Kier molecular flexibility index (Phi) is 9.08. The van der Waals surface area contributed by atoms with Crippen molar-refractivity contribution in [1.82, 2.24) is 4.90 Å². The number of aliphatic imine (C=N–C) groups is 1. The van der Waals surface area contributed by atoms with Gasteiger partial charge in [-0.05, 0) is 46.6 Å². The average molecular weight is 511 g/mol. The molecule has 8 heteroatoms. The smallest absolute Gasteiger partial charge is 0.133 e. The molecule has 160 valence electrons. The van der Waals surface area contributed by atoms with E-state index in [9.17, 15) is 0 Å². The molecule has 5 nitrogen and oxygen atoms in total. The molecular weight excluding hydrogens is 486 g/mol. The zero-order valence-corrected chi connectivity index (χ0v) is 19.8. The van der Waals surface area contributed by atoms with Crippen LogP contribution in [0.3, 0.4) is 0 Å². The van der Waals surface area contributed by atoms with Crippen LogP contribution in [-0.2, 0) is 4.74 Å². The van der Waals surface area contributed by atoms with Crippen LogP contribution in [0.4, 0.5) is 0 Å². The Hall–Kier alpha value is -1.51. The second-order valence-corrected chi connectivity index (χ2v) is 8.70. The van der Waals surface area contributed by atoms with E-state index in [2.05, 4.69) is 25.8 Å². The second-order valence-electron chi connectivity index (χ2n) is 6.91. The van der Waals surface area contributed by atoms with Crippen molar-refractivity contribution in [3.05, 3.63) is 63.1 Å². The zero-order chi connectivity index (χ0) is 21.3. The van der Waals surface area contributed by atoms with Crippen LogP contribution in [0.5, 0.6) is 5.75 Å². The molecule has 1 fully saturated rings. The van der Waals surface area contributed by atoms with Crippen LogP contribution in [0.15, 0.2) is 51.9 Å². The molecule has 0 spiro atoms. The Balaban J connectivity index is 1.68. The highest BCUT2D eigenvalue weighted by molar-refractivity contribution is 9.10. The number of benzene rings is 2. The van der Waals surface area contributed by atoms with Gasteiger partial charge in [0.05, 0.1) is 41.5 Å². The molecule has 0 saturated carbocycles. The van der Waals surface area contributed by atoms with Gasteiger partial charge in [-0.25, -0.2) is 0 Å². The molecule has 0 amide bonds. The minimum Gasteiger partial charge on any atom is -0.492 e. The van der Waals surface area contributed by atoms with Crippen molar-refractivity contribution in [1.29, 1.82) is 0 Å². The summed E-state index contributed by atoms with van der Waals surface area (Å²) in [4.78, 5) is 7.35. The van der Waals surface area contributed by atoms with Gasteiger partial charge in [0.15, 0.2) is 0 Å². The molecule has 2 aromatic rings. The molecule has 1 aliphatic rings. The maximum Gasteiger partial charge on any atom is 0.133 e. The fraction of sp³-hybridized carbons (Fsp3) is 0.364. The summed E-state index contributed by atoms with van der Waals surface area (Å²) >= 11 is 15.0. The first-order chi connectivity index (χ1) is 14.5. The Morgan fingerprint density at radius 3 is 2.70 bits per heavy atom. The van der Waals surface area contributed by atoms with Gasteiger partial charge < -0.3 is 15.2 Å². The number of nitrogens with zero attached hydrogens (tertiary/aromatic N) is 2. The van der Waals surface area contributed by atoms with Gasteiger partial charge in [0.1, 0.15) is 5.75 Å². The third-order valence-electron chi connectivity index (χ3n) is 4.71. The molecule has 0 radical (unpaired) electrons. The van der Waals surface area contributed by atoms with Gasteiger partial charge in [0, 0.05) is 35.8 Å². The number of halogens is 2. The van der Waals surface area contributed by atoms with E-state index in [0.717, 1.165) is 66.3 Å². The van der Waals surface area contributed by atoms with Gasteiger partial charge in [-0.15, -0.1) is 0 Å². The quantitative estimate of drug-likeness (QED) is 0.309. The van der Waals surface area contributed by atoms with Gasteiger partial charge in [0.2, 0.25) is 0 Å². The lowest BCUT2D eigenvalue weighted by molar-refractivity contribution is 0.0358. The SMILES string of the molecule is NC(=S)CN=C(c1ccc(OCCCN2CCOCC2)c(Br)c1)c1ccccc1Cl. The van der Waals surface area contributed by atoms with Crippen molar-refractivity contribution in [3.8, 4) is 5.75 Å². The number of hydrogen-bond acceptors (Lipinski definition) is 5. The maximum absolute atomic E-state index is 6.41. The van der Waals surface area contributed by atoms with E-state index < -0.39 is 0 Å². The lowest BCUT2D eigenvalue weighted by Crippen LogP contribution is -2.37. The molecule has 1 aliphatic heterocycles. The molecule has 0 bridgehead atoms. The van der Waals surface area contributed by atoms with E-state index in [1.54, 1.807) is 0 Å². The summed E-state index contributed by atoms with van der Waals surface area (Å²) in [6.07, 6.45) is 0.967. The van der Waals surface area contributed by atoms with Crippen molar-refractivity contribution in [2.24, 2.45) is 10.7 Å². The zero-order valence-electron chi connectivity index (χ0n) is 16.7. The van der Waals surface area contributed by atoms with Gasteiger partial charge in [-0.1, -0.05) is 42.0 Å². The van der Waals surface area contributed by atoms with Gasteiger partial charge >= 0.3 is 0 Å². The summed E-state index contributed by atoms with van der Waals surface area (Å²) < 4.78 is 12.2. The van der Waals surface area contributed by atoms with E-state index in [1.165, 1.54) is 0 Å². The minimum atomic E-state index is 0.257. The third-order valence-corrected chi connectivity index (χ3v) is 5.79. The lowest BCUT2D eigenvalue weighted by Gasteiger charge is -2.26. The van der Waals surface area contributed by atoms with Crippen LogP contribution in [0.1, 0.15) is 17.5 Å². The Morgan fingerprint density at radius 2 is 2.00 bits per heavy atom. The largest absolute Gasteiger partial charge is 0.492 e. The molecule has 0 aromatic heterocycles. The van der Waals surface area contributed by atoms with Crippen LogP contribution in [-0.4, -0.2) is 61.6 Å². The predicted molar refractivity (Wildman–Crippen MR) is 130 cm³/mol. The molecule has 3 rings (SSSR count). The number of morpholine rings is 1. The first-order valence-electron chi connectivity index (χ1n) is 9.85. The average Bonchev–Trinajstić information content (AvgIpc) is 2.74. The Bertz CT molecular complexity index is 904. The van der Waals surface area contributed by atoms with Crippen LogP contribution < -0.4 is 10.5 Å². The van der Waals surface area contributed by atoms with Gasteiger partial charge in [-0.3, -0.25) is 9.89 Å². The summed E-state index contributed by atoms with van der Waals surface area (Å²) in [6.45, 7) is 5.55. The molecule has 0 atom stereocenters. The first kappa shape index (κ1) is 23.2.